The van der Waals surface area contributed by atoms with Crippen molar-refractivity contribution in [2.45, 2.75) is 37.5 Å². The molecule has 2 saturated heterocycles. The summed E-state index contributed by atoms with van der Waals surface area (Å²) < 4.78 is 5.77. The molecule has 2 bridgehead atoms. The Morgan fingerprint density at radius 3 is 2.64 bits per heavy atom. The molecular weight excluding hydrogens is 300 g/mol. The van der Waals surface area contributed by atoms with Gasteiger partial charge in [-0.25, -0.2) is 0 Å². The molecule has 0 aromatic heterocycles. The number of nitrogens with zero attached hydrogens (tertiary/aromatic N) is 1. The van der Waals surface area contributed by atoms with Gasteiger partial charge in [0.25, 0.3) is 0 Å². The molecule has 0 unspecified atom stereocenters. The zero-order valence-electron chi connectivity index (χ0n) is 13.1. The van der Waals surface area contributed by atoms with Crippen molar-refractivity contribution in [3.05, 3.63) is 34.9 Å². The molecule has 0 aliphatic carbocycles. The van der Waals surface area contributed by atoms with Crippen LogP contribution in [-0.4, -0.2) is 43.7 Å². The third kappa shape index (κ3) is 3.29. The third-order valence-electron chi connectivity index (χ3n) is 4.79. The highest BCUT2D eigenvalue weighted by Gasteiger charge is 2.44. The Morgan fingerprint density at radius 2 is 2.09 bits per heavy atom. The Labute approximate surface area is 136 Å². The Morgan fingerprint density at radius 1 is 1.36 bits per heavy atom. The van der Waals surface area contributed by atoms with Crippen molar-refractivity contribution in [1.82, 2.24) is 10.2 Å². The molecule has 0 radical (unpaired) electrons. The van der Waals surface area contributed by atoms with Crippen LogP contribution in [0.25, 0.3) is 0 Å². The second-order valence-corrected chi connectivity index (χ2v) is 6.93. The number of likely N-dealkylation sites (N-methyl/N-ethyl adjacent to an activating group) is 1. The quantitative estimate of drug-likeness (QED) is 0.906. The molecule has 3 rings (SSSR count). The van der Waals surface area contributed by atoms with E-state index in [1.54, 1.807) is 0 Å². The van der Waals surface area contributed by atoms with Crippen molar-refractivity contribution in [2.24, 2.45) is 5.92 Å². The van der Waals surface area contributed by atoms with Crippen LogP contribution in [-0.2, 0) is 9.53 Å². The van der Waals surface area contributed by atoms with Gasteiger partial charge in [-0.3, -0.25) is 4.79 Å². The lowest BCUT2D eigenvalue weighted by molar-refractivity contribution is -0.126. The molecule has 2 aliphatic heterocycles. The van der Waals surface area contributed by atoms with Crippen molar-refractivity contribution in [2.75, 3.05) is 20.6 Å². The van der Waals surface area contributed by atoms with Gasteiger partial charge < -0.3 is 15.0 Å². The number of hydrogen-bond acceptors (Lipinski definition) is 3. The average molecular weight is 323 g/mol. The van der Waals surface area contributed by atoms with E-state index in [1.165, 1.54) is 0 Å². The highest BCUT2D eigenvalue weighted by Crippen LogP contribution is 2.38. The largest absolute Gasteiger partial charge is 0.374 e. The molecule has 5 heteroatoms. The molecule has 2 fully saturated rings. The molecule has 1 aromatic rings. The highest BCUT2D eigenvalue weighted by atomic mass is 35.5. The Hall–Kier alpha value is -1.10. The molecule has 4 atom stereocenters. The minimum Gasteiger partial charge on any atom is -0.374 e. The summed E-state index contributed by atoms with van der Waals surface area (Å²) in [6, 6.07) is 7.94. The van der Waals surface area contributed by atoms with Gasteiger partial charge in [0.05, 0.1) is 24.2 Å². The van der Waals surface area contributed by atoms with Gasteiger partial charge in [0.1, 0.15) is 0 Å². The van der Waals surface area contributed by atoms with Crippen LogP contribution in [0.5, 0.6) is 0 Å². The molecule has 1 amide bonds. The smallest absolute Gasteiger partial charge is 0.225 e. The number of carbonyl (C=O) groups excluding carboxylic acids is 1. The van der Waals surface area contributed by atoms with Crippen LogP contribution in [0.2, 0.25) is 5.02 Å². The number of hydrogen-bond donors (Lipinski definition) is 1. The standard InChI is InChI=1S/C17H23ClN2O2/c1-20(2)15(11-3-5-12(18)6-4-11)10-19-17(21)14-9-13-7-8-16(14)22-13/h3-6,13-16H,7-10H2,1-2H3,(H,19,21)/t13-,14+,15-,16-/m1/s1. The van der Waals surface area contributed by atoms with E-state index >= 15 is 0 Å². The number of fused-ring (bicyclic) bond motifs is 2. The Balaban J connectivity index is 1.60. The summed E-state index contributed by atoms with van der Waals surface area (Å²) in [5.74, 6) is 0.166. The maximum absolute atomic E-state index is 12.4. The summed E-state index contributed by atoms with van der Waals surface area (Å²) in [5.41, 5.74) is 1.15. The number of benzene rings is 1. The van der Waals surface area contributed by atoms with Crippen LogP contribution >= 0.6 is 11.6 Å². The van der Waals surface area contributed by atoms with E-state index in [9.17, 15) is 4.79 Å². The first-order chi connectivity index (χ1) is 10.5. The van der Waals surface area contributed by atoms with Crippen molar-refractivity contribution in [3.63, 3.8) is 0 Å². The predicted molar refractivity (Wildman–Crippen MR) is 86.9 cm³/mol. The summed E-state index contributed by atoms with van der Waals surface area (Å²) in [4.78, 5) is 14.5. The number of rotatable bonds is 5. The van der Waals surface area contributed by atoms with E-state index in [0.29, 0.717) is 12.6 Å². The molecule has 22 heavy (non-hydrogen) atoms. The lowest BCUT2D eigenvalue weighted by Crippen LogP contribution is -2.40. The first-order valence-electron chi connectivity index (χ1n) is 7.89. The van der Waals surface area contributed by atoms with Crippen LogP contribution in [0.1, 0.15) is 30.9 Å². The van der Waals surface area contributed by atoms with Crippen molar-refractivity contribution < 1.29 is 9.53 Å². The summed E-state index contributed by atoms with van der Waals surface area (Å²) in [5, 5.41) is 3.84. The molecule has 4 nitrogen and oxygen atoms in total. The second kappa shape index (κ2) is 6.57. The minimum atomic E-state index is 0.0341. The van der Waals surface area contributed by atoms with Crippen LogP contribution in [0.4, 0.5) is 0 Å². The lowest BCUT2D eigenvalue weighted by atomic mass is 9.88. The topological polar surface area (TPSA) is 41.6 Å². The molecule has 1 N–H and O–H groups in total. The average Bonchev–Trinajstić information content (AvgIpc) is 3.11. The van der Waals surface area contributed by atoms with E-state index in [0.717, 1.165) is 29.8 Å². The van der Waals surface area contributed by atoms with Crippen molar-refractivity contribution >= 4 is 17.5 Å². The number of carbonyl (C=O) groups is 1. The first-order valence-corrected chi connectivity index (χ1v) is 8.27. The fourth-order valence-corrected chi connectivity index (χ4v) is 3.65. The normalized spacial score (nSPS) is 28.1. The number of amides is 1. The second-order valence-electron chi connectivity index (χ2n) is 6.49. The monoisotopic (exact) mass is 322 g/mol. The molecule has 0 saturated carbocycles. The predicted octanol–water partition coefficient (Wildman–Crippen LogP) is 2.63. The van der Waals surface area contributed by atoms with Crippen LogP contribution in [0, 0.1) is 5.92 Å². The molecule has 1 aromatic carbocycles. The summed E-state index contributed by atoms with van der Waals surface area (Å²) in [7, 11) is 4.04. The fourth-order valence-electron chi connectivity index (χ4n) is 3.53. The molecule has 120 valence electrons. The lowest BCUT2D eigenvalue weighted by Gasteiger charge is -2.26. The van der Waals surface area contributed by atoms with E-state index in [4.69, 9.17) is 16.3 Å². The van der Waals surface area contributed by atoms with Gasteiger partial charge in [-0.15, -0.1) is 0 Å². The zero-order valence-corrected chi connectivity index (χ0v) is 13.8. The maximum Gasteiger partial charge on any atom is 0.225 e. The minimum absolute atomic E-state index is 0.0341. The van der Waals surface area contributed by atoms with Crippen LogP contribution < -0.4 is 5.32 Å². The zero-order chi connectivity index (χ0) is 15.7. The van der Waals surface area contributed by atoms with E-state index in [-0.39, 0.29) is 24.0 Å². The molecule has 0 spiro atoms. The van der Waals surface area contributed by atoms with Crippen molar-refractivity contribution in [1.29, 1.82) is 0 Å². The van der Waals surface area contributed by atoms with E-state index in [2.05, 4.69) is 10.2 Å². The maximum atomic E-state index is 12.4. The van der Waals surface area contributed by atoms with Gasteiger partial charge in [0, 0.05) is 11.6 Å². The number of halogens is 1. The summed E-state index contributed by atoms with van der Waals surface area (Å²) in [6.07, 6.45) is 3.46. The number of nitrogens with one attached hydrogen (secondary N) is 1. The van der Waals surface area contributed by atoms with Crippen LogP contribution in [0.3, 0.4) is 0 Å². The Kier molecular flexibility index (Phi) is 4.71. The van der Waals surface area contributed by atoms with Gasteiger partial charge >= 0.3 is 0 Å². The van der Waals surface area contributed by atoms with Crippen LogP contribution in [0.15, 0.2) is 24.3 Å². The van der Waals surface area contributed by atoms with Gasteiger partial charge in [-0.2, -0.15) is 0 Å². The van der Waals surface area contributed by atoms with Gasteiger partial charge in [-0.1, -0.05) is 23.7 Å². The molecular formula is C17H23ClN2O2. The fraction of sp³-hybridized carbons (Fsp3) is 0.588. The first kappa shape index (κ1) is 15.8. The van der Waals surface area contributed by atoms with Gasteiger partial charge in [0.2, 0.25) is 5.91 Å². The van der Waals surface area contributed by atoms with Gasteiger partial charge in [-0.05, 0) is 51.1 Å². The summed E-state index contributed by atoms with van der Waals surface area (Å²) in [6.45, 7) is 0.599. The Bertz CT molecular complexity index is 532. The van der Waals surface area contributed by atoms with Gasteiger partial charge in [0.15, 0.2) is 0 Å². The molecule has 2 aliphatic rings. The summed E-state index contributed by atoms with van der Waals surface area (Å²) >= 11 is 5.95. The number of ether oxygens (including phenoxy) is 1. The van der Waals surface area contributed by atoms with E-state index < -0.39 is 0 Å². The SMILES string of the molecule is CN(C)[C@H](CNC(=O)[C@H]1C[C@H]2CC[C@H]1O2)c1ccc(Cl)cc1. The van der Waals surface area contributed by atoms with E-state index in [1.807, 2.05) is 38.4 Å². The highest BCUT2D eigenvalue weighted by molar-refractivity contribution is 6.30. The molecule has 2 heterocycles. The van der Waals surface area contributed by atoms with Crippen molar-refractivity contribution in [3.8, 4) is 0 Å². The third-order valence-corrected chi connectivity index (χ3v) is 5.04.